The maximum Gasteiger partial charge on any atom is 0.328 e. The molecule has 1 fully saturated rings. The van der Waals surface area contributed by atoms with Crippen LogP contribution in [0.3, 0.4) is 0 Å². The summed E-state index contributed by atoms with van der Waals surface area (Å²) in [5.74, 6) is -2.86. The molecular weight excluding hydrogens is 260 g/mol. The molecule has 0 spiro atoms. The minimum Gasteiger partial charge on any atom is -0.494 e. The number of amides is 4. The van der Waals surface area contributed by atoms with Gasteiger partial charge in [-0.3, -0.25) is 35.0 Å². The smallest absolute Gasteiger partial charge is 0.328 e. The molecule has 98 valence electrons. The lowest BCUT2D eigenvalue weighted by Gasteiger charge is -2.13. The van der Waals surface area contributed by atoms with Crippen LogP contribution in [0.15, 0.2) is 15.2 Å². The van der Waals surface area contributed by atoms with Gasteiger partial charge in [-0.15, -0.1) is 0 Å². The summed E-state index contributed by atoms with van der Waals surface area (Å²) in [6.45, 7) is 0. The summed E-state index contributed by atoms with van der Waals surface area (Å²) in [6, 6.07) is -0.994. The lowest BCUT2D eigenvalue weighted by atomic mass is 10.1. The molecule has 1 aliphatic heterocycles. The van der Waals surface area contributed by atoms with Gasteiger partial charge < -0.3 is 5.11 Å². The summed E-state index contributed by atoms with van der Waals surface area (Å²) in [7, 11) is 0. The van der Waals surface area contributed by atoms with Crippen LogP contribution >= 0.6 is 0 Å². The van der Waals surface area contributed by atoms with Gasteiger partial charge in [-0.05, 0) is 6.08 Å². The number of aromatic nitrogens is 2. The van der Waals surface area contributed by atoms with E-state index in [2.05, 4.69) is 0 Å². The van der Waals surface area contributed by atoms with Crippen LogP contribution in [0.25, 0.3) is 6.08 Å². The van der Waals surface area contributed by atoms with E-state index >= 15 is 0 Å². The minimum absolute atomic E-state index is 0.491. The number of nitrogens with one attached hydrogen (secondary N) is 4. The molecule has 0 saturated carbocycles. The van der Waals surface area contributed by atoms with Gasteiger partial charge in [0.1, 0.15) is 11.1 Å². The summed E-state index contributed by atoms with van der Waals surface area (Å²) in [4.78, 5) is 59.5. The van der Waals surface area contributed by atoms with Crippen molar-refractivity contribution in [3.05, 3.63) is 32.0 Å². The molecule has 0 radical (unpaired) electrons. The summed E-state index contributed by atoms with van der Waals surface area (Å²) >= 11 is 0. The number of barbiturate groups is 1. The Bertz CT molecular complexity index is 718. The van der Waals surface area contributed by atoms with E-state index in [-0.39, 0.29) is 0 Å². The van der Waals surface area contributed by atoms with Crippen LogP contribution in [-0.2, 0) is 9.59 Å². The maximum absolute atomic E-state index is 11.4. The lowest BCUT2D eigenvalue weighted by Crippen LogP contribution is -2.51. The average Bonchev–Trinajstić information content (AvgIpc) is 2.25. The van der Waals surface area contributed by atoms with E-state index in [1.54, 1.807) is 15.6 Å². The first-order valence-corrected chi connectivity index (χ1v) is 4.82. The van der Waals surface area contributed by atoms with Crippen LogP contribution in [0.2, 0.25) is 0 Å². The van der Waals surface area contributed by atoms with Crippen molar-refractivity contribution in [3.63, 3.8) is 0 Å². The van der Waals surface area contributed by atoms with Crippen LogP contribution in [0.4, 0.5) is 4.79 Å². The Labute approximate surface area is 103 Å². The number of aromatic hydroxyl groups is 1. The Morgan fingerprint density at radius 1 is 0.895 bits per heavy atom. The van der Waals surface area contributed by atoms with Crippen molar-refractivity contribution < 1.29 is 19.5 Å². The van der Waals surface area contributed by atoms with Crippen LogP contribution in [-0.4, -0.2) is 32.9 Å². The third-order valence-corrected chi connectivity index (χ3v) is 2.19. The lowest BCUT2D eigenvalue weighted by molar-refractivity contribution is -0.123. The Balaban J connectivity index is 2.56. The molecular formula is C9H6N4O6. The third kappa shape index (κ3) is 2.26. The summed E-state index contributed by atoms with van der Waals surface area (Å²) < 4.78 is 0. The first-order chi connectivity index (χ1) is 8.88. The van der Waals surface area contributed by atoms with Crippen LogP contribution < -0.4 is 21.9 Å². The second-order valence-corrected chi connectivity index (χ2v) is 3.47. The van der Waals surface area contributed by atoms with Gasteiger partial charge >= 0.3 is 11.7 Å². The highest BCUT2D eigenvalue weighted by Gasteiger charge is 2.28. The summed E-state index contributed by atoms with van der Waals surface area (Å²) in [5.41, 5.74) is -3.00. The zero-order valence-corrected chi connectivity index (χ0v) is 9.07. The fraction of sp³-hybridized carbons (Fsp3) is 0. The van der Waals surface area contributed by atoms with E-state index in [0.29, 0.717) is 0 Å². The van der Waals surface area contributed by atoms with Crippen molar-refractivity contribution in [1.29, 1.82) is 0 Å². The largest absolute Gasteiger partial charge is 0.494 e. The van der Waals surface area contributed by atoms with E-state index < -0.39 is 46.1 Å². The maximum atomic E-state index is 11.4. The predicted molar refractivity (Wildman–Crippen MR) is 59.0 cm³/mol. The van der Waals surface area contributed by atoms with Gasteiger partial charge in [0.2, 0.25) is 5.88 Å². The summed E-state index contributed by atoms with van der Waals surface area (Å²) in [6.07, 6.45) is 0.751. The highest BCUT2D eigenvalue weighted by molar-refractivity contribution is 6.31. The molecule has 0 aliphatic carbocycles. The summed E-state index contributed by atoms with van der Waals surface area (Å²) in [5, 5.41) is 12.9. The number of carbonyl (C=O) groups excluding carboxylic acids is 3. The number of H-pyrrole nitrogens is 2. The van der Waals surface area contributed by atoms with Crippen molar-refractivity contribution in [2.24, 2.45) is 0 Å². The number of carbonyl (C=O) groups is 3. The molecule has 1 aromatic heterocycles. The molecule has 5 N–H and O–H groups in total. The van der Waals surface area contributed by atoms with Crippen LogP contribution in [0.5, 0.6) is 5.88 Å². The van der Waals surface area contributed by atoms with Gasteiger partial charge in [0.05, 0.1) is 0 Å². The van der Waals surface area contributed by atoms with Crippen LogP contribution in [0, 0.1) is 0 Å². The van der Waals surface area contributed by atoms with Gasteiger partial charge in [-0.1, -0.05) is 0 Å². The molecule has 0 aromatic carbocycles. The second kappa shape index (κ2) is 4.25. The number of urea groups is 1. The standard InChI is InChI=1S/C9H6N4O6/c14-4-2(5(15)11-8(18)10-4)1-3-6(16)12-9(19)13-7(3)17/h1H,(H2,10,11,14,15,18)(H3,12,13,16,17,19). The number of rotatable bonds is 1. The Hall–Kier alpha value is -3.17. The number of hydrogen-bond acceptors (Lipinski definition) is 6. The monoisotopic (exact) mass is 266 g/mol. The zero-order chi connectivity index (χ0) is 14.2. The zero-order valence-electron chi connectivity index (χ0n) is 9.07. The molecule has 4 amide bonds. The SMILES string of the molecule is O=C1NC(=O)C(=Cc2c(O)[nH]c(=O)[nH]c2=O)C(=O)N1. The van der Waals surface area contributed by atoms with Gasteiger partial charge in [0.15, 0.2) is 0 Å². The van der Waals surface area contributed by atoms with Crippen molar-refractivity contribution in [3.8, 4) is 5.88 Å². The molecule has 2 heterocycles. The second-order valence-electron chi connectivity index (χ2n) is 3.47. The molecule has 19 heavy (non-hydrogen) atoms. The van der Waals surface area contributed by atoms with Crippen LogP contribution in [0.1, 0.15) is 5.56 Å². The quantitative estimate of drug-likeness (QED) is 0.279. The molecule has 1 saturated heterocycles. The molecule has 1 aliphatic rings. The van der Waals surface area contributed by atoms with E-state index in [0.717, 1.165) is 6.08 Å². The first kappa shape index (κ1) is 12.3. The van der Waals surface area contributed by atoms with Gasteiger partial charge in [-0.25, -0.2) is 9.59 Å². The Kier molecular flexibility index (Phi) is 2.75. The molecule has 10 nitrogen and oxygen atoms in total. The van der Waals surface area contributed by atoms with Crippen molar-refractivity contribution >= 4 is 23.9 Å². The minimum atomic E-state index is -1.03. The van der Waals surface area contributed by atoms with Crippen molar-refractivity contribution in [2.45, 2.75) is 0 Å². The van der Waals surface area contributed by atoms with E-state index in [9.17, 15) is 29.1 Å². The molecule has 2 rings (SSSR count). The molecule has 1 aromatic rings. The van der Waals surface area contributed by atoms with E-state index in [1.165, 1.54) is 0 Å². The Morgan fingerprint density at radius 3 is 2.00 bits per heavy atom. The van der Waals surface area contributed by atoms with E-state index in [1.807, 2.05) is 4.98 Å². The Morgan fingerprint density at radius 2 is 1.47 bits per heavy atom. The molecule has 0 bridgehead atoms. The van der Waals surface area contributed by atoms with Crippen molar-refractivity contribution in [2.75, 3.05) is 0 Å². The number of hydrogen-bond donors (Lipinski definition) is 5. The predicted octanol–water partition coefficient (Wildman–Crippen LogP) is -2.48. The van der Waals surface area contributed by atoms with Gasteiger partial charge in [-0.2, -0.15) is 0 Å². The average molecular weight is 266 g/mol. The molecule has 10 heteroatoms. The third-order valence-electron chi connectivity index (χ3n) is 2.19. The van der Waals surface area contributed by atoms with Crippen molar-refractivity contribution in [1.82, 2.24) is 20.6 Å². The molecule has 0 unspecified atom stereocenters. The van der Waals surface area contributed by atoms with Gasteiger partial charge in [0, 0.05) is 0 Å². The highest BCUT2D eigenvalue weighted by Crippen LogP contribution is 2.12. The highest BCUT2D eigenvalue weighted by atomic mass is 16.3. The number of aromatic amines is 2. The topological polar surface area (TPSA) is 161 Å². The normalized spacial score (nSPS) is 14.9. The fourth-order valence-corrected chi connectivity index (χ4v) is 1.37. The first-order valence-electron chi connectivity index (χ1n) is 4.82. The fourth-order valence-electron chi connectivity index (χ4n) is 1.37. The molecule has 0 atom stereocenters. The number of imide groups is 2. The van der Waals surface area contributed by atoms with Gasteiger partial charge in [0.25, 0.3) is 17.4 Å². The van der Waals surface area contributed by atoms with E-state index in [4.69, 9.17) is 0 Å².